The molecule has 3 saturated carbocycles. The fraction of sp³-hybridized carbons (Fsp3) is 0.588. The first-order chi connectivity index (χ1) is 12.1. The molecule has 0 saturated heterocycles. The summed E-state index contributed by atoms with van der Waals surface area (Å²) < 4.78 is 7.88. The van der Waals surface area contributed by atoms with Crippen LogP contribution in [0.1, 0.15) is 32.6 Å². The number of carbonyl (C=O) groups is 1. The Bertz CT molecular complexity index is 803. The Morgan fingerprint density at radius 3 is 2.80 bits per heavy atom. The Kier molecular flexibility index (Phi) is 4.62. The third-order valence-corrected chi connectivity index (χ3v) is 6.28. The van der Waals surface area contributed by atoms with Crippen LogP contribution in [0.3, 0.4) is 0 Å². The molecule has 3 aliphatic rings. The molecular weight excluding hydrogens is 408 g/mol. The number of carbonyl (C=O) groups excluding carboxylic acids is 1. The van der Waals surface area contributed by atoms with Crippen LogP contribution in [-0.4, -0.2) is 33.2 Å². The average molecular weight is 428 g/mol. The fourth-order valence-electron chi connectivity index (χ4n) is 4.44. The van der Waals surface area contributed by atoms with Gasteiger partial charge in [-0.15, -0.1) is 5.10 Å². The molecule has 0 aromatic carbocycles. The predicted octanol–water partition coefficient (Wildman–Crippen LogP) is 3.93. The number of ether oxygens (including phenoxy) is 1. The van der Waals surface area contributed by atoms with Crippen molar-refractivity contribution in [3.05, 3.63) is 22.0 Å². The first-order valence-corrected chi connectivity index (χ1v) is 9.89. The monoisotopic (exact) mass is 426 g/mol. The number of aromatic nitrogens is 3. The molecular formula is C17H20BrClN4O2. The Labute approximate surface area is 159 Å². The zero-order chi connectivity index (χ0) is 17.6. The lowest BCUT2D eigenvalue weighted by Crippen LogP contribution is -2.52. The van der Waals surface area contributed by atoms with Crippen molar-refractivity contribution < 1.29 is 9.53 Å². The summed E-state index contributed by atoms with van der Waals surface area (Å²) in [6, 6.07) is 3.86. The van der Waals surface area contributed by atoms with Gasteiger partial charge >= 0.3 is 5.97 Å². The van der Waals surface area contributed by atoms with E-state index in [1.165, 1.54) is 0 Å². The van der Waals surface area contributed by atoms with Crippen molar-refractivity contribution in [1.82, 2.24) is 14.6 Å². The zero-order valence-corrected chi connectivity index (χ0v) is 16.3. The van der Waals surface area contributed by atoms with Gasteiger partial charge in [0, 0.05) is 6.04 Å². The van der Waals surface area contributed by atoms with Gasteiger partial charge in [-0.05, 0) is 84.1 Å². The molecule has 8 heteroatoms. The molecule has 2 bridgehead atoms. The van der Waals surface area contributed by atoms with Crippen molar-refractivity contribution in [2.75, 3.05) is 11.9 Å². The normalized spacial score (nSPS) is 28.3. The van der Waals surface area contributed by atoms with Crippen LogP contribution >= 0.6 is 27.5 Å². The highest BCUT2D eigenvalue weighted by molar-refractivity contribution is 9.10. The van der Waals surface area contributed by atoms with E-state index in [1.807, 2.05) is 19.1 Å². The Balaban J connectivity index is 1.69. The molecule has 0 radical (unpaired) electrons. The molecule has 0 amide bonds. The lowest BCUT2D eigenvalue weighted by atomic mass is 9.61. The largest absolute Gasteiger partial charge is 0.466 e. The van der Waals surface area contributed by atoms with Crippen LogP contribution in [0.4, 0.5) is 5.82 Å². The number of halogens is 2. The van der Waals surface area contributed by atoms with Crippen LogP contribution in [0.5, 0.6) is 0 Å². The standard InChI is InChI=1S/C17H20BrClN4O2/c1-2-25-16(24)13-9-3-5-10(6-4-9)14(13)20-15-11-7-8-12(18)23(11)22-17(19)21-15/h7-10,13-14H,2-6H2,1H3,(H,20,21,22)/t9?,10?,13-,14-/m1/s1. The summed E-state index contributed by atoms with van der Waals surface area (Å²) in [5.74, 6) is 1.28. The number of hydrogen-bond acceptors (Lipinski definition) is 5. The second-order valence-electron chi connectivity index (χ2n) is 6.81. The van der Waals surface area contributed by atoms with Crippen LogP contribution in [-0.2, 0) is 9.53 Å². The summed E-state index contributed by atoms with van der Waals surface area (Å²) in [7, 11) is 0. The van der Waals surface area contributed by atoms with E-state index in [2.05, 4.69) is 31.3 Å². The van der Waals surface area contributed by atoms with E-state index in [0.29, 0.717) is 24.3 Å². The molecule has 2 atom stereocenters. The summed E-state index contributed by atoms with van der Waals surface area (Å²) in [6.45, 7) is 2.27. The summed E-state index contributed by atoms with van der Waals surface area (Å²) in [4.78, 5) is 17.0. The maximum absolute atomic E-state index is 12.6. The van der Waals surface area contributed by atoms with Gasteiger partial charge in [0.05, 0.1) is 12.5 Å². The number of nitrogens with zero attached hydrogens (tertiary/aromatic N) is 3. The Hall–Kier alpha value is -1.34. The Morgan fingerprint density at radius 1 is 1.36 bits per heavy atom. The summed E-state index contributed by atoms with van der Waals surface area (Å²) in [6.07, 6.45) is 4.47. The van der Waals surface area contributed by atoms with E-state index in [1.54, 1.807) is 4.52 Å². The molecule has 5 rings (SSSR count). The number of nitrogens with one attached hydrogen (secondary N) is 1. The highest BCUT2D eigenvalue weighted by atomic mass is 79.9. The summed E-state index contributed by atoms with van der Waals surface area (Å²) in [5.41, 5.74) is 0.834. The zero-order valence-electron chi connectivity index (χ0n) is 13.9. The van der Waals surface area contributed by atoms with Gasteiger partial charge in [0.2, 0.25) is 5.28 Å². The van der Waals surface area contributed by atoms with Gasteiger partial charge in [-0.1, -0.05) is 0 Å². The lowest BCUT2D eigenvalue weighted by molar-refractivity contribution is -0.154. The second kappa shape index (κ2) is 6.76. The smallest absolute Gasteiger partial charge is 0.311 e. The van der Waals surface area contributed by atoms with E-state index in [4.69, 9.17) is 16.3 Å². The van der Waals surface area contributed by atoms with Gasteiger partial charge in [0.15, 0.2) is 5.82 Å². The molecule has 0 spiro atoms. The van der Waals surface area contributed by atoms with Crippen LogP contribution in [0.25, 0.3) is 5.52 Å². The van der Waals surface area contributed by atoms with Crippen LogP contribution in [0.15, 0.2) is 16.7 Å². The van der Waals surface area contributed by atoms with Crippen molar-refractivity contribution in [2.24, 2.45) is 17.8 Å². The molecule has 6 nitrogen and oxygen atoms in total. The van der Waals surface area contributed by atoms with Gasteiger partial charge in [0.25, 0.3) is 0 Å². The minimum Gasteiger partial charge on any atom is -0.466 e. The molecule has 1 N–H and O–H groups in total. The van der Waals surface area contributed by atoms with Crippen molar-refractivity contribution in [2.45, 2.75) is 38.6 Å². The van der Waals surface area contributed by atoms with Gasteiger partial charge < -0.3 is 10.1 Å². The van der Waals surface area contributed by atoms with Crippen LogP contribution in [0, 0.1) is 17.8 Å². The van der Waals surface area contributed by atoms with E-state index in [9.17, 15) is 4.79 Å². The number of rotatable bonds is 4. The van der Waals surface area contributed by atoms with Gasteiger partial charge in [0.1, 0.15) is 10.1 Å². The molecule has 0 unspecified atom stereocenters. The predicted molar refractivity (Wildman–Crippen MR) is 98.7 cm³/mol. The molecule has 2 aromatic rings. The first kappa shape index (κ1) is 17.1. The van der Waals surface area contributed by atoms with Crippen molar-refractivity contribution >= 4 is 44.8 Å². The Morgan fingerprint density at radius 2 is 2.08 bits per heavy atom. The van der Waals surface area contributed by atoms with Crippen molar-refractivity contribution in [1.29, 1.82) is 0 Å². The second-order valence-corrected chi connectivity index (χ2v) is 7.96. The van der Waals surface area contributed by atoms with E-state index in [0.717, 1.165) is 35.8 Å². The number of fused-ring (bicyclic) bond motifs is 4. The van der Waals surface area contributed by atoms with E-state index in [-0.39, 0.29) is 23.2 Å². The highest BCUT2D eigenvalue weighted by Crippen LogP contribution is 2.47. The minimum atomic E-state index is -0.125. The summed E-state index contributed by atoms with van der Waals surface area (Å²) in [5, 5.41) is 7.90. The molecule has 3 aliphatic carbocycles. The van der Waals surface area contributed by atoms with Crippen LogP contribution in [0.2, 0.25) is 5.28 Å². The number of hydrogen-bond donors (Lipinski definition) is 1. The topological polar surface area (TPSA) is 68.5 Å². The average Bonchev–Trinajstić information content (AvgIpc) is 2.97. The van der Waals surface area contributed by atoms with Crippen LogP contribution < -0.4 is 5.32 Å². The highest BCUT2D eigenvalue weighted by Gasteiger charge is 2.48. The van der Waals surface area contributed by atoms with E-state index >= 15 is 0 Å². The van der Waals surface area contributed by atoms with Gasteiger partial charge in [-0.25, -0.2) is 4.52 Å². The number of esters is 1. The maximum Gasteiger partial charge on any atom is 0.311 e. The molecule has 2 aromatic heterocycles. The SMILES string of the molecule is CCOC(=O)[C@@H]1C2CCC(CC2)[C@H]1Nc1nc(Cl)nn2c(Br)ccc12. The molecule has 0 aliphatic heterocycles. The summed E-state index contributed by atoms with van der Waals surface area (Å²) >= 11 is 9.56. The quantitative estimate of drug-likeness (QED) is 0.749. The molecule has 134 valence electrons. The lowest BCUT2D eigenvalue weighted by Gasteiger charge is -2.47. The fourth-order valence-corrected chi connectivity index (χ4v) is 5.00. The molecule has 25 heavy (non-hydrogen) atoms. The van der Waals surface area contributed by atoms with Crippen molar-refractivity contribution in [3.63, 3.8) is 0 Å². The number of anilines is 1. The van der Waals surface area contributed by atoms with Crippen molar-refractivity contribution in [3.8, 4) is 0 Å². The van der Waals surface area contributed by atoms with Gasteiger partial charge in [-0.2, -0.15) is 4.98 Å². The first-order valence-electron chi connectivity index (χ1n) is 8.72. The minimum absolute atomic E-state index is 0.0231. The van der Waals surface area contributed by atoms with E-state index < -0.39 is 0 Å². The van der Waals surface area contributed by atoms with Gasteiger partial charge in [-0.3, -0.25) is 4.79 Å². The third kappa shape index (κ3) is 3.01. The molecule has 2 heterocycles. The molecule has 3 fully saturated rings. The third-order valence-electron chi connectivity index (χ3n) is 5.52. The maximum atomic E-state index is 12.6.